The van der Waals surface area contributed by atoms with Gasteiger partial charge in [-0.1, -0.05) is 12.2 Å². The Morgan fingerprint density at radius 1 is 1.35 bits per heavy atom. The van der Waals surface area contributed by atoms with E-state index < -0.39 is 0 Å². The van der Waals surface area contributed by atoms with Gasteiger partial charge in [0.1, 0.15) is 5.75 Å². The SMILES string of the molecule is COc1ccc(NC(=S)N/N=C\[C@@H]2CC=CCC2)cc1. The van der Waals surface area contributed by atoms with E-state index in [9.17, 15) is 0 Å². The first kappa shape index (κ1) is 14.5. The number of methoxy groups -OCH3 is 1. The fourth-order valence-corrected chi connectivity index (χ4v) is 2.16. The molecule has 0 bridgehead atoms. The van der Waals surface area contributed by atoms with Crippen molar-refractivity contribution in [2.75, 3.05) is 12.4 Å². The summed E-state index contributed by atoms with van der Waals surface area (Å²) in [6.45, 7) is 0. The van der Waals surface area contributed by atoms with Crippen LogP contribution in [-0.4, -0.2) is 18.4 Å². The minimum Gasteiger partial charge on any atom is -0.497 e. The van der Waals surface area contributed by atoms with Gasteiger partial charge in [-0.2, -0.15) is 5.10 Å². The maximum atomic E-state index is 5.18. The number of benzene rings is 1. The van der Waals surface area contributed by atoms with Gasteiger partial charge in [0.05, 0.1) is 7.11 Å². The summed E-state index contributed by atoms with van der Waals surface area (Å²) in [4.78, 5) is 0. The zero-order valence-corrected chi connectivity index (χ0v) is 12.3. The van der Waals surface area contributed by atoms with Crippen LogP contribution in [0.15, 0.2) is 41.5 Å². The van der Waals surface area contributed by atoms with E-state index in [0.717, 1.165) is 30.7 Å². The van der Waals surface area contributed by atoms with Crippen LogP contribution in [0.4, 0.5) is 5.69 Å². The van der Waals surface area contributed by atoms with Crippen molar-refractivity contribution in [1.82, 2.24) is 5.43 Å². The average molecular weight is 289 g/mol. The molecule has 1 atom stereocenters. The van der Waals surface area contributed by atoms with Crippen LogP contribution in [0.3, 0.4) is 0 Å². The number of anilines is 1. The van der Waals surface area contributed by atoms with E-state index in [0.29, 0.717) is 11.0 Å². The zero-order valence-electron chi connectivity index (χ0n) is 11.5. The number of hydrogen-bond donors (Lipinski definition) is 2. The Hall–Kier alpha value is -1.88. The highest BCUT2D eigenvalue weighted by Gasteiger charge is 2.06. The minimum absolute atomic E-state index is 0.484. The number of thiocarbonyl (C=S) groups is 1. The Kier molecular flexibility index (Phi) is 5.55. The lowest BCUT2D eigenvalue weighted by molar-refractivity contribution is 0.415. The third-order valence-electron chi connectivity index (χ3n) is 3.11. The lowest BCUT2D eigenvalue weighted by Gasteiger charge is -2.12. The largest absolute Gasteiger partial charge is 0.497 e. The van der Waals surface area contributed by atoms with Crippen molar-refractivity contribution in [3.8, 4) is 5.75 Å². The summed E-state index contributed by atoms with van der Waals surface area (Å²) in [5.74, 6) is 1.33. The van der Waals surface area contributed by atoms with E-state index in [2.05, 4.69) is 28.0 Å². The second-order valence-corrected chi connectivity index (χ2v) is 5.03. The molecule has 2 N–H and O–H groups in total. The number of hydrazone groups is 1. The highest BCUT2D eigenvalue weighted by molar-refractivity contribution is 7.80. The van der Waals surface area contributed by atoms with Crippen molar-refractivity contribution in [3.63, 3.8) is 0 Å². The molecule has 1 aliphatic rings. The third kappa shape index (κ3) is 4.66. The summed E-state index contributed by atoms with van der Waals surface area (Å²) >= 11 is 5.18. The predicted octanol–water partition coefficient (Wildman–Crippen LogP) is 3.32. The Balaban J connectivity index is 1.76. The van der Waals surface area contributed by atoms with Gasteiger partial charge in [-0.15, -0.1) is 0 Å². The number of nitrogens with one attached hydrogen (secondary N) is 2. The minimum atomic E-state index is 0.484. The van der Waals surface area contributed by atoms with Crippen LogP contribution in [-0.2, 0) is 0 Å². The number of nitrogens with zero attached hydrogens (tertiary/aromatic N) is 1. The molecule has 0 spiro atoms. The van der Waals surface area contributed by atoms with E-state index in [1.807, 2.05) is 30.5 Å². The van der Waals surface area contributed by atoms with Gasteiger partial charge < -0.3 is 10.1 Å². The molecule has 1 aromatic rings. The van der Waals surface area contributed by atoms with E-state index in [-0.39, 0.29) is 0 Å². The van der Waals surface area contributed by atoms with Gasteiger partial charge in [0.15, 0.2) is 5.11 Å². The van der Waals surface area contributed by atoms with Crippen LogP contribution in [0.25, 0.3) is 0 Å². The highest BCUT2D eigenvalue weighted by Crippen LogP contribution is 2.16. The Morgan fingerprint density at radius 2 is 2.15 bits per heavy atom. The first-order valence-corrected chi connectivity index (χ1v) is 7.08. The van der Waals surface area contributed by atoms with Crippen LogP contribution < -0.4 is 15.5 Å². The maximum Gasteiger partial charge on any atom is 0.191 e. The third-order valence-corrected chi connectivity index (χ3v) is 3.30. The van der Waals surface area contributed by atoms with Gasteiger partial charge in [-0.3, -0.25) is 5.43 Å². The molecule has 0 amide bonds. The molecular weight excluding hydrogens is 270 g/mol. The summed E-state index contributed by atoms with van der Waals surface area (Å²) in [5.41, 5.74) is 3.74. The molecule has 0 aromatic heterocycles. The van der Waals surface area contributed by atoms with Gasteiger partial charge in [-0.25, -0.2) is 0 Å². The van der Waals surface area contributed by atoms with Crippen molar-refractivity contribution in [2.45, 2.75) is 19.3 Å². The fourth-order valence-electron chi connectivity index (χ4n) is 1.99. The average Bonchev–Trinajstić information content (AvgIpc) is 2.49. The Morgan fingerprint density at radius 3 is 2.80 bits per heavy atom. The van der Waals surface area contributed by atoms with Crippen LogP contribution in [0.2, 0.25) is 0 Å². The molecule has 0 radical (unpaired) electrons. The van der Waals surface area contributed by atoms with Crippen molar-refractivity contribution in [3.05, 3.63) is 36.4 Å². The molecule has 0 unspecified atom stereocenters. The van der Waals surface area contributed by atoms with E-state index in [4.69, 9.17) is 17.0 Å². The summed E-state index contributed by atoms with van der Waals surface area (Å²) in [7, 11) is 1.64. The summed E-state index contributed by atoms with van der Waals surface area (Å²) in [6, 6.07) is 7.57. The van der Waals surface area contributed by atoms with Gasteiger partial charge in [-0.05, 0) is 61.7 Å². The Labute approximate surface area is 124 Å². The van der Waals surface area contributed by atoms with Crippen LogP contribution in [0.5, 0.6) is 5.75 Å². The normalized spacial score (nSPS) is 17.9. The lowest BCUT2D eigenvalue weighted by Crippen LogP contribution is -2.24. The number of rotatable bonds is 4. The molecule has 106 valence electrons. The second kappa shape index (κ2) is 7.65. The van der Waals surface area contributed by atoms with E-state index in [1.54, 1.807) is 7.11 Å². The standard InChI is InChI=1S/C15H19N3OS/c1-19-14-9-7-13(8-10-14)17-15(20)18-16-11-12-5-3-2-4-6-12/h2-3,7-12H,4-6H2,1H3,(H2,17,18,20)/b16-11-/t12-/m1/s1. The van der Waals surface area contributed by atoms with Gasteiger partial charge >= 0.3 is 0 Å². The van der Waals surface area contributed by atoms with Gasteiger partial charge in [0.2, 0.25) is 0 Å². The number of ether oxygens (including phenoxy) is 1. The van der Waals surface area contributed by atoms with E-state index in [1.165, 1.54) is 0 Å². The Bertz CT molecular complexity index is 496. The predicted molar refractivity (Wildman–Crippen MR) is 87.3 cm³/mol. The molecule has 1 aromatic carbocycles. The monoisotopic (exact) mass is 289 g/mol. The summed E-state index contributed by atoms with van der Waals surface area (Å²) < 4.78 is 5.10. The van der Waals surface area contributed by atoms with Gasteiger partial charge in [0, 0.05) is 11.9 Å². The molecule has 20 heavy (non-hydrogen) atoms. The molecule has 0 heterocycles. The maximum absolute atomic E-state index is 5.18. The molecule has 0 saturated heterocycles. The first-order valence-electron chi connectivity index (χ1n) is 6.67. The lowest BCUT2D eigenvalue weighted by atomic mass is 9.96. The quantitative estimate of drug-likeness (QED) is 0.386. The van der Waals surface area contributed by atoms with Gasteiger partial charge in [0.25, 0.3) is 0 Å². The molecule has 5 heteroatoms. The van der Waals surface area contributed by atoms with Crippen LogP contribution >= 0.6 is 12.2 Å². The molecule has 0 fully saturated rings. The molecule has 0 saturated carbocycles. The molecule has 2 rings (SSSR count). The zero-order chi connectivity index (χ0) is 14.2. The molecular formula is C15H19N3OS. The van der Waals surface area contributed by atoms with Crippen molar-refractivity contribution in [2.24, 2.45) is 11.0 Å². The molecule has 4 nitrogen and oxygen atoms in total. The second-order valence-electron chi connectivity index (χ2n) is 4.62. The fraction of sp³-hybridized carbons (Fsp3) is 0.333. The summed E-state index contributed by atoms with van der Waals surface area (Å²) in [6.07, 6.45) is 9.70. The van der Waals surface area contributed by atoms with Crippen molar-refractivity contribution in [1.29, 1.82) is 0 Å². The van der Waals surface area contributed by atoms with E-state index >= 15 is 0 Å². The smallest absolute Gasteiger partial charge is 0.191 e. The first-order chi connectivity index (χ1) is 9.78. The topological polar surface area (TPSA) is 45.6 Å². The molecule has 0 aliphatic heterocycles. The van der Waals surface area contributed by atoms with Crippen LogP contribution in [0, 0.1) is 5.92 Å². The van der Waals surface area contributed by atoms with Crippen molar-refractivity contribution < 1.29 is 4.74 Å². The number of allylic oxidation sites excluding steroid dienone is 2. The molecule has 1 aliphatic carbocycles. The summed E-state index contributed by atoms with van der Waals surface area (Å²) in [5, 5.41) is 7.74. The number of hydrogen-bond acceptors (Lipinski definition) is 3. The van der Waals surface area contributed by atoms with Crippen molar-refractivity contribution >= 4 is 29.2 Å². The van der Waals surface area contributed by atoms with Crippen LogP contribution in [0.1, 0.15) is 19.3 Å². The highest BCUT2D eigenvalue weighted by atomic mass is 32.1.